The van der Waals surface area contributed by atoms with Crippen molar-refractivity contribution >= 4 is 11.3 Å². The van der Waals surface area contributed by atoms with Crippen LogP contribution < -0.4 is 5.73 Å². The summed E-state index contributed by atoms with van der Waals surface area (Å²) >= 11 is 1.71. The fourth-order valence-electron chi connectivity index (χ4n) is 1.53. The second-order valence-electron chi connectivity index (χ2n) is 4.86. The first kappa shape index (κ1) is 12.6. The third-order valence-electron chi connectivity index (χ3n) is 2.75. The summed E-state index contributed by atoms with van der Waals surface area (Å²) in [5.41, 5.74) is 7.79. The minimum Gasteiger partial charge on any atom is -0.330 e. The lowest BCUT2D eigenvalue weighted by molar-refractivity contribution is 0.176. The van der Waals surface area contributed by atoms with Gasteiger partial charge >= 0.3 is 0 Å². The maximum atomic E-state index is 5.74. The number of nitrogens with two attached hydrogens (primary N) is 1. The van der Waals surface area contributed by atoms with Crippen LogP contribution in [-0.4, -0.2) is 30.0 Å². The smallest absolute Gasteiger partial charge is 0.0794 e. The van der Waals surface area contributed by atoms with Gasteiger partial charge in [0.15, 0.2) is 0 Å². The number of nitrogens with zero attached hydrogens (tertiary/aromatic N) is 2. The van der Waals surface area contributed by atoms with Crippen LogP contribution in [0.5, 0.6) is 0 Å². The normalized spacial score (nSPS) is 14.5. The van der Waals surface area contributed by atoms with Crippen LogP contribution >= 0.6 is 11.3 Å². The number of aromatic nitrogens is 1. The monoisotopic (exact) mass is 227 g/mol. The van der Waals surface area contributed by atoms with Gasteiger partial charge in [0.2, 0.25) is 0 Å². The summed E-state index contributed by atoms with van der Waals surface area (Å²) in [4.78, 5) is 7.75. The highest BCUT2D eigenvalue weighted by Gasteiger charge is 2.22. The first-order chi connectivity index (χ1) is 6.96. The average molecular weight is 227 g/mol. The second-order valence-corrected chi connectivity index (χ2v) is 5.78. The Morgan fingerprint density at radius 1 is 1.60 bits per heavy atom. The van der Waals surface area contributed by atoms with Crippen LogP contribution in [0.15, 0.2) is 11.7 Å². The van der Waals surface area contributed by atoms with E-state index in [0.29, 0.717) is 12.6 Å². The maximum absolute atomic E-state index is 5.74. The van der Waals surface area contributed by atoms with Crippen molar-refractivity contribution in [2.24, 2.45) is 11.1 Å². The maximum Gasteiger partial charge on any atom is 0.0794 e. The van der Waals surface area contributed by atoms with Crippen LogP contribution in [0.1, 0.15) is 31.7 Å². The van der Waals surface area contributed by atoms with Gasteiger partial charge in [-0.05, 0) is 25.9 Å². The van der Waals surface area contributed by atoms with Crippen molar-refractivity contribution in [2.45, 2.75) is 26.8 Å². The molecule has 0 aliphatic carbocycles. The van der Waals surface area contributed by atoms with E-state index in [1.165, 1.54) is 4.88 Å². The van der Waals surface area contributed by atoms with E-state index in [1.54, 1.807) is 11.3 Å². The lowest BCUT2D eigenvalue weighted by Gasteiger charge is -2.32. The van der Waals surface area contributed by atoms with E-state index in [1.807, 2.05) is 11.7 Å². The Morgan fingerprint density at radius 2 is 2.27 bits per heavy atom. The molecule has 86 valence electrons. The third kappa shape index (κ3) is 3.55. The van der Waals surface area contributed by atoms with Crippen molar-refractivity contribution in [2.75, 3.05) is 20.1 Å². The SMILES string of the molecule is CC(c1cncs1)N(C)CC(C)(C)CN. The molecule has 1 aromatic rings. The Morgan fingerprint density at radius 3 is 2.73 bits per heavy atom. The van der Waals surface area contributed by atoms with Gasteiger partial charge in [-0.1, -0.05) is 13.8 Å². The van der Waals surface area contributed by atoms with Crippen LogP contribution in [0.4, 0.5) is 0 Å². The van der Waals surface area contributed by atoms with Gasteiger partial charge in [-0.25, -0.2) is 0 Å². The molecular formula is C11H21N3S. The molecule has 1 unspecified atom stereocenters. The van der Waals surface area contributed by atoms with Crippen molar-refractivity contribution in [3.05, 3.63) is 16.6 Å². The Labute approximate surface area is 96.3 Å². The summed E-state index contributed by atoms with van der Waals surface area (Å²) in [6.07, 6.45) is 1.95. The number of hydrogen-bond acceptors (Lipinski definition) is 4. The van der Waals surface area contributed by atoms with Gasteiger partial charge < -0.3 is 5.73 Å². The number of rotatable bonds is 5. The van der Waals surface area contributed by atoms with Crippen LogP contribution in [0.25, 0.3) is 0 Å². The Bertz CT molecular complexity index is 282. The molecule has 0 aliphatic heterocycles. The fraction of sp³-hybridized carbons (Fsp3) is 0.727. The summed E-state index contributed by atoms with van der Waals surface area (Å²) in [7, 11) is 2.14. The molecule has 0 spiro atoms. The quantitative estimate of drug-likeness (QED) is 0.838. The summed E-state index contributed by atoms with van der Waals surface area (Å²) in [5.74, 6) is 0. The number of hydrogen-bond donors (Lipinski definition) is 1. The lowest BCUT2D eigenvalue weighted by atomic mass is 9.93. The predicted octanol–water partition coefficient (Wildman–Crippen LogP) is 2.12. The van der Waals surface area contributed by atoms with Crippen molar-refractivity contribution < 1.29 is 0 Å². The Kier molecular flexibility index (Phi) is 4.25. The summed E-state index contributed by atoms with van der Waals surface area (Å²) in [6.45, 7) is 8.32. The zero-order valence-corrected chi connectivity index (χ0v) is 10.8. The molecule has 0 amide bonds. The average Bonchev–Trinajstić information content (AvgIpc) is 2.68. The molecule has 0 radical (unpaired) electrons. The molecule has 0 fully saturated rings. The zero-order chi connectivity index (χ0) is 11.5. The molecule has 2 N–H and O–H groups in total. The second kappa shape index (κ2) is 5.05. The Balaban J connectivity index is 2.58. The minimum absolute atomic E-state index is 0.174. The van der Waals surface area contributed by atoms with Gasteiger partial charge in [-0.2, -0.15) is 0 Å². The molecule has 0 saturated heterocycles. The first-order valence-corrected chi connectivity index (χ1v) is 6.13. The molecule has 1 rings (SSSR count). The van der Waals surface area contributed by atoms with E-state index in [9.17, 15) is 0 Å². The topological polar surface area (TPSA) is 42.2 Å². The highest BCUT2D eigenvalue weighted by Crippen LogP contribution is 2.25. The molecule has 0 aromatic carbocycles. The molecular weight excluding hydrogens is 206 g/mol. The minimum atomic E-state index is 0.174. The van der Waals surface area contributed by atoms with Gasteiger partial charge in [0, 0.05) is 23.7 Å². The van der Waals surface area contributed by atoms with Gasteiger partial charge in [-0.3, -0.25) is 9.88 Å². The molecule has 1 heterocycles. The van der Waals surface area contributed by atoms with Crippen LogP contribution in [0, 0.1) is 5.41 Å². The molecule has 3 nitrogen and oxygen atoms in total. The highest BCUT2D eigenvalue weighted by molar-refractivity contribution is 7.09. The predicted molar refractivity (Wildman–Crippen MR) is 66.0 cm³/mol. The van der Waals surface area contributed by atoms with E-state index < -0.39 is 0 Å². The molecule has 15 heavy (non-hydrogen) atoms. The zero-order valence-electron chi connectivity index (χ0n) is 10.0. The van der Waals surface area contributed by atoms with Crippen molar-refractivity contribution in [1.82, 2.24) is 9.88 Å². The van der Waals surface area contributed by atoms with Gasteiger partial charge in [0.25, 0.3) is 0 Å². The van der Waals surface area contributed by atoms with E-state index in [0.717, 1.165) is 6.54 Å². The summed E-state index contributed by atoms with van der Waals surface area (Å²) < 4.78 is 0. The van der Waals surface area contributed by atoms with E-state index >= 15 is 0 Å². The molecule has 1 atom stereocenters. The van der Waals surface area contributed by atoms with Crippen molar-refractivity contribution in [1.29, 1.82) is 0 Å². The first-order valence-electron chi connectivity index (χ1n) is 5.25. The molecule has 0 aliphatic rings. The number of thiazole rings is 1. The van der Waals surface area contributed by atoms with Gasteiger partial charge in [-0.15, -0.1) is 11.3 Å². The van der Waals surface area contributed by atoms with E-state index in [2.05, 4.69) is 37.7 Å². The molecule has 1 aromatic heterocycles. The van der Waals surface area contributed by atoms with Gasteiger partial charge in [0.05, 0.1) is 5.51 Å². The van der Waals surface area contributed by atoms with E-state index in [4.69, 9.17) is 5.73 Å². The lowest BCUT2D eigenvalue weighted by Crippen LogP contribution is -2.37. The Hall–Kier alpha value is -0.450. The standard InChI is InChI=1S/C11H21N3S/c1-9(10-5-13-8-15-10)14(4)7-11(2,3)6-12/h5,8-9H,6-7,12H2,1-4H3. The largest absolute Gasteiger partial charge is 0.330 e. The summed E-state index contributed by atoms with van der Waals surface area (Å²) in [6, 6.07) is 0.420. The van der Waals surface area contributed by atoms with Gasteiger partial charge in [0.1, 0.15) is 0 Å². The van der Waals surface area contributed by atoms with Crippen molar-refractivity contribution in [3.8, 4) is 0 Å². The summed E-state index contributed by atoms with van der Waals surface area (Å²) in [5, 5.41) is 0. The third-order valence-corrected chi connectivity index (χ3v) is 3.70. The fourth-order valence-corrected chi connectivity index (χ4v) is 2.27. The van der Waals surface area contributed by atoms with Crippen LogP contribution in [0.3, 0.4) is 0 Å². The van der Waals surface area contributed by atoms with Crippen LogP contribution in [-0.2, 0) is 0 Å². The molecule has 4 heteroatoms. The van der Waals surface area contributed by atoms with Crippen LogP contribution in [0.2, 0.25) is 0 Å². The van der Waals surface area contributed by atoms with Crippen molar-refractivity contribution in [3.63, 3.8) is 0 Å². The van der Waals surface area contributed by atoms with E-state index in [-0.39, 0.29) is 5.41 Å². The molecule has 0 saturated carbocycles. The highest BCUT2D eigenvalue weighted by atomic mass is 32.1. The molecule has 0 bridgehead atoms.